The molecule has 1 aromatic rings. The molecule has 0 saturated carbocycles. The van der Waals surface area contributed by atoms with Gasteiger partial charge >= 0.3 is 0 Å². The van der Waals surface area contributed by atoms with Crippen molar-refractivity contribution in [1.29, 1.82) is 0 Å². The Morgan fingerprint density at radius 3 is 2.47 bits per heavy atom. The third kappa shape index (κ3) is 3.06. The van der Waals surface area contributed by atoms with Crippen molar-refractivity contribution in [2.75, 3.05) is 11.2 Å². The van der Waals surface area contributed by atoms with E-state index in [1.807, 2.05) is 13.0 Å². The van der Waals surface area contributed by atoms with E-state index < -0.39 is 0 Å². The summed E-state index contributed by atoms with van der Waals surface area (Å²) < 4.78 is 0. The van der Waals surface area contributed by atoms with Crippen molar-refractivity contribution in [2.45, 2.75) is 39.2 Å². The van der Waals surface area contributed by atoms with Crippen LogP contribution in [0.1, 0.15) is 32.4 Å². The molecule has 3 nitrogen and oxygen atoms in total. The molecule has 84 valence electrons. The molecule has 1 aromatic heterocycles. The Morgan fingerprint density at radius 1 is 1.33 bits per heavy atom. The van der Waals surface area contributed by atoms with Gasteiger partial charge in [-0.1, -0.05) is 13.8 Å². The van der Waals surface area contributed by atoms with Crippen molar-refractivity contribution in [3.8, 4) is 0 Å². The van der Waals surface area contributed by atoms with Crippen molar-refractivity contribution in [2.24, 2.45) is 0 Å². The summed E-state index contributed by atoms with van der Waals surface area (Å²) in [6.45, 7) is 6.22. The highest BCUT2D eigenvalue weighted by Crippen LogP contribution is 2.22. The summed E-state index contributed by atoms with van der Waals surface area (Å²) in [5.74, 6) is 1.44. The van der Waals surface area contributed by atoms with E-state index in [0.717, 1.165) is 24.4 Å². The Hall–Kier alpha value is -0.830. The number of rotatable bonds is 5. The van der Waals surface area contributed by atoms with Crippen LogP contribution in [0.2, 0.25) is 0 Å². The van der Waals surface area contributed by atoms with E-state index in [9.17, 15) is 0 Å². The van der Waals surface area contributed by atoms with Crippen LogP contribution < -0.4 is 5.32 Å². The van der Waals surface area contributed by atoms with Gasteiger partial charge in [0, 0.05) is 17.6 Å². The molecule has 0 unspecified atom stereocenters. The van der Waals surface area contributed by atoms with Gasteiger partial charge in [0.2, 0.25) is 0 Å². The molecule has 0 aromatic carbocycles. The highest BCUT2D eigenvalue weighted by atomic mass is 35.5. The van der Waals surface area contributed by atoms with Gasteiger partial charge in [0.15, 0.2) is 0 Å². The molecular weight excluding hydrogens is 210 g/mol. The van der Waals surface area contributed by atoms with Gasteiger partial charge in [-0.3, -0.25) is 0 Å². The molecule has 0 aliphatic heterocycles. The van der Waals surface area contributed by atoms with Crippen LogP contribution in [0.25, 0.3) is 0 Å². The quantitative estimate of drug-likeness (QED) is 0.786. The minimum Gasteiger partial charge on any atom is -0.363 e. The zero-order valence-electron chi connectivity index (χ0n) is 9.55. The number of anilines is 1. The molecule has 0 spiro atoms. The first-order valence-corrected chi connectivity index (χ1v) is 5.82. The van der Waals surface area contributed by atoms with Crippen LogP contribution in [0, 0.1) is 6.92 Å². The SMILES string of the molecule is CCC(CC)(CCl)Nc1cc(C)ncn1. The normalized spacial score (nSPS) is 11.5. The lowest BCUT2D eigenvalue weighted by atomic mass is 9.95. The molecule has 0 atom stereocenters. The maximum Gasteiger partial charge on any atom is 0.130 e. The number of halogens is 1. The second-order valence-electron chi connectivity index (χ2n) is 3.79. The van der Waals surface area contributed by atoms with Crippen LogP contribution in [0.5, 0.6) is 0 Å². The van der Waals surface area contributed by atoms with E-state index in [4.69, 9.17) is 11.6 Å². The molecular formula is C11H18ClN3. The predicted molar refractivity (Wildman–Crippen MR) is 64.4 cm³/mol. The summed E-state index contributed by atoms with van der Waals surface area (Å²) in [6, 6.07) is 1.94. The Labute approximate surface area is 96.3 Å². The van der Waals surface area contributed by atoms with Crippen LogP contribution in [0.3, 0.4) is 0 Å². The molecule has 0 bridgehead atoms. The summed E-state index contributed by atoms with van der Waals surface area (Å²) in [7, 11) is 0. The lowest BCUT2D eigenvalue weighted by molar-refractivity contribution is 0.482. The third-order valence-electron chi connectivity index (χ3n) is 2.81. The summed E-state index contributed by atoms with van der Waals surface area (Å²) in [6.07, 6.45) is 3.54. The van der Waals surface area contributed by atoms with Crippen LogP contribution in [0.15, 0.2) is 12.4 Å². The Bertz CT molecular complexity index is 302. The fourth-order valence-corrected chi connectivity index (χ4v) is 1.89. The number of nitrogens with one attached hydrogen (secondary N) is 1. The second kappa shape index (κ2) is 5.31. The molecule has 0 fully saturated rings. The zero-order chi connectivity index (χ0) is 11.3. The van der Waals surface area contributed by atoms with E-state index >= 15 is 0 Å². The van der Waals surface area contributed by atoms with Gasteiger partial charge in [0.25, 0.3) is 0 Å². The molecule has 1 N–H and O–H groups in total. The van der Waals surface area contributed by atoms with Crippen LogP contribution in [0.4, 0.5) is 5.82 Å². The maximum absolute atomic E-state index is 6.01. The monoisotopic (exact) mass is 227 g/mol. The van der Waals surface area contributed by atoms with Gasteiger partial charge in [-0.25, -0.2) is 9.97 Å². The molecule has 0 radical (unpaired) electrons. The van der Waals surface area contributed by atoms with Gasteiger partial charge in [-0.05, 0) is 19.8 Å². The van der Waals surface area contributed by atoms with Gasteiger partial charge in [0.05, 0.1) is 5.54 Å². The molecule has 15 heavy (non-hydrogen) atoms. The van der Waals surface area contributed by atoms with Crippen LogP contribution in [-0.2, 0) is 0 Å². The zero-order valence-corrected chi connectivity index (χ0v) is 10.3. The van der Waals surface area contributed by atoms with E-state index in [1.54, 1.807) is 6.33 Å². The predicted octanol–water partition coefficient (Wildman–Crippen LogP) is 2.99. The minimum absolute atomic E-state index is 0.0532. The number of hydrogen-bond acceptors (Lipinski definition) is 3. The standard InChI is InChI=1S/C11H18ClN3/c1-4-11(5-2,7-12)15-10-6-9(3)13-8-14-10/h6,8H,4-5,7H2,1-3H3,(H,13,14,15). The summed E-state index contributed by atoms with van der Waals surface area (Å²) in [5, 5.41) is 3.40. The van der Waals surface area contributed by atoms with Crippen LogP contribution >= 0.6 is 11.6 Å². The lowest BCUT2D eigenvalue weighted by Crippen LogP contribution is -2.39. The topological polar surface area (TPSA) is 37.8 Å². The number of aromatic nitrogens is 2. The van der Waals surface area contributed by atoms with Gasteiger partial charge in [-0.2, -0.15) is 0 Å². The average molecular weight is 228 g/mol. The smallest absolute Gasteiger partial charge is 0.130 e. The van der Waals surface area contributed by atoms with Gasteiger partial charge in [-0.15, -0.1) is 11.6 Å². The number of nitrogens with zero attached hydrogens (tertiary/aromatic N) is 2. The highest BCUT2D eigenvalue weighted by Gasteiger charge is 2.24. The van der Waals surface area contributed by atoms with E-state index in [2.05, 4.69) is 29.1 Å². The average Bonchev–Trinajstić information content (AvgIpc) is 2.26. The number of alkyl halides is 1. The Morgan fingerprint density at radius 2 is 2.00 bits per heavy atom. The van der Waals surface area contributed by atoms with Crippen LogP contribution in [-0.4, -0.2) is 21.4 Å². The molecule has 1 heterocycles. The first-order valence-electron chi connectivity index (χ1n) is 5.28. The van der Waals surface area contributed by atoms with Crippen molar-refractivity contribution >= 4 is 17.4 Å². The van der Waals surface area contributed by atoms with Crippen molar-refractivity contribution < 1.29 is 0 Å². The number of aryl methyl sites for hydroxylation is 1. The molecule has 0 saturated heterocycles. The lowest BCUT2D eigenvalue weighted by Gasteiger charge is -2.31. The summed E-state index contributed by atoms with van der Waals surface area (Å²) in [5.41, 5.74) is 0.908. The first-order chi connectivity index (χ1) is 7.15. The van der Waals surface area contributed by atoms with Crippen molar-refractivity contribution in [3.63, 3.8) is 0 Å². The Kier molecular flexibility index (Phi) is 4.33. The number of hydrogen-bond donors (Lipinski definition) is 1. The van der Waals surface area contributed by atoms with Crippen molar-refractivity contribution in [3.05, 3.63) is 18.1 Å². The molecule has 0 amide bonds. The molecule has 1 rings (SSSR count). The van der Waals surface area contributed by atoms with Crippen molar-refractivity contribution in [1.82, 2.24) is 9.97 Å². The largest absolute Gasteiger partial charge is 0.363 e. The highest BCUT2D eigenvalue weighted by molar-refractivity contribution is 6.18. The molecule has 4 heteroatoms. The first kappa shape index (κ1) is 12.2. The molecule has 0 aliphatic carbocycles. The fraction of sp³-hybridized carbons (Fsp3) is 0.636. The van der Waals surface area contributed by atoms with Gasteiger partial charge < -0.3 is 5.32 Å². The van der Waals surface area contributed by atoms with E-state index in [0.29, 0.717) is 5.88 Å². The Balaban J connectivity index is 2.82. The maximum atomic E-state index is 6.01. The summed E-state index contributed by atoms with van der Waals surface area (Å²) in [4.78, 5) is 8.25. The minimum atomic E-state index is -0.0532. The summed E-state index contributed by atoms with van der Waals surface area (Å²) >= 11 is 6.01. The fourth-order valence-electron chi connectivity index (χ4n) is 1.44. The van der Waals surface area contributed by atoms with E-state index in [1.165, 1.54) is 0 Å². The third-order valence-corrected chi connectivity index (χ3v) is 3.32. The van der Waals surface area contributed by atoms with Gasteiger partial charge in [0.1, 0.15) is 12.1 Å². The second-order valence-corrected chi connectivity index (χ2v) is 4.06. The molecule has 0 aliphatic rings. The van der Waals surface area contributed by atoms with E-state index in [-0.39, 0.29) is 5.54 Å².